The predicted molar refractivity (Wildman–Crippen MR) is 100 cm³/mol. The second-order valence-electron chi connectivity index (χ2n) is 7.67. The smallest absolute Gasteiger partial charge is 0.139 e. The number of hydrogen-bond acceptors (Lipinski definition) is 2. The lowest BCUT2D eigenvalue weighted by atomic mass is 10.0. The van der Waals surface area contributed by atoms with Crippen molar-refractivity contribution < 1.29 is 14.0 Å². The van der Waals surface area contributed by atoms with E-state index in [4.69, 9.17) is 9.47 Å². The molecule has 0 spiro atoms. The topological polar surface area (TPSA) is 18.5 Å². The lowest BCUT2D eigenvalue weighted by Crippen LogP contribution is -2.33. The molecular formula is C21H30NO2+. The van der Waals surface area contributed by atoms with Gasteiger partial charge in [0, 0.05) is 0 Å². The number of quaternary nitrogens is 1. The molecule has 0 heterocycles. The van der Waals surface area contributed by atoms with Gasteiger partial charge in [-0.1, -0.05) is 0 Å². The van der Waals surface area contributed by atoms with Gasteiger partial charge in [0.25, 0.3) is 0 Å². The first-order valence-corrected chi connectivity index (χ1v) is 8.34. The zero-order chi connectivity index (χ0) is 18.1. The molecule has 0 aliphatic rings. The van der Waals surface area contributed by atoms with Crippen LogP contribution in [0, 0.1) is 27.7 Å². The summed E-state index contributed by atoms with van der Waals surface area (Å²) in [6.07, 6.45) is 0. The highest BCUT2D eigenvalue weighted by Crippen LogP contribution is 2.35. The molecule has 0 saturated carbocycles. The number of aryl methyl sites for hydroxylation is 3. The Morgan fingerprint density at radius 2 is 1.33 bits per heavy atom. The summed E-state index contributed by atoms with van der Waals surface area (Å²) in [5, 5.41) is 0. The Bertz CT molecular complexity index is 719. The minimum Gasteiger partial charge on any atom is -0.497 e. The molecule has 0 radical (unpaired) electrons. The van der Waals surface area contributed by atoms with Crippen LogP contribution in [0.2, 0.25) is 0 Å². The molecule has 0 aliphatic carbocycles. The van der Waals surface area contributed by atoms with Crippen molar-refractivity contribution in [1.29, 1.82) is 0 Å². The average Bonchev–Trinajstić information content (AvgIpc) is 2.46. The van der Waals surface area contributed by atoms with E-state index in [0.717, 1.165) is 39.4 Å². The van der Waals surface area contributed by atoms with Gasteiger partial charge in [-0.15, -0.1) is 0 Å². The molecule has 0 unspecified atom stereocenters. The van der Waals surface area contributed by atoms with Crippen molar-refractivity contribution >= 4 is 0 Å². The quantitative estimate of drug-likeness (QED) is 0.725. The SMILES string of the molecule is COc1cc(C)c(Oc2cc(C)c(C)c(C)c2)c(C[N+](C)(C)C)c1. The first-order chi connectivity index (χ1) is 11.1. The maximum absolute atomic E-state index is 6.34. The van der Waals surface area contributed by atoms with Gasteiger partial charge in [0.2, 0.25) is 0 Å². The van der Waals surface area contributed by atoms with Crippen LogP contribution < -0.4 is 9.47 Å². The molecule has 130 valence electrons. The Hall–Kier alpha value is -2.00. The molecular weight excluding hydrogens is 298 g/mol. The van der Waals surface area contributed by atoms with Gasteiger partial charge in [0.15, 0.2) is 0 Å². The third-order valence-corrected chi connectivity index (χ3v) is 4.33. The Kier molecular flexibility index (Phi) is 5.24. The second kappa shape index (κ2) is 6.86. The zero-order valence-electron chi connectivity index (χ0n) is 16.3. The maximum Gasteiger partial charge on any atom is 0.139 e. The number of nitrogens with zero attached hydrogens (tertiary/aromatic N) is 1. The molecule has 2 rings (SSSR count). The van der Waals surface area contributed by atoms with Gasteiger partial charge in [0.05, 0.1) is 33.8 Å². The van der Waals surface area contributed by atoms with Crippen LogP contribution in [0.4, 0.5) is 0 Å². The highest BCUT2D eigenvalue weighted by Gasteiger charge is 2.18. The Balaban J connectivity index is 2.49. The van der Waals surface area contributed by atoms with E-state index >= 15 is 0 Å². The lowest BCUT2D eigenvalue weighted by Gasteiger charge is -2.26. The summed E-state index contributed by atoms with van der Waals surface area (Å²) >= 11 is 0. The number of rotatable bonds is 5. The van der Waals surface area contributed by atoms with Crippen LogP contribution in [0.5, 0.6) is 17.2 Å². The Morgan fingerprint density at radius 3 is 1.83 bits per heavy atom. The fourth-order valence-corrected chi connectivity index (χ4v) is 2.88. The number of ether oxygens (including phenoxy) is 2. The molecule has 2 aromatic carbocycles. The monoisotopic (exact) mass is 328 g/mol. The van der Waals surface area contributed by atoms with Crippen molar-refractivity contribution in [3.05, 3.63) is 52.1 Å². The van der Waals surface area contributed by atoms with E-state index in [9.17, 15) is 0 Å². The van der Waals surface area contributed by atoms with Gasteiger partial charge in [-0.25, -0.2) is 0 Å². The normalized spacial score (nSPS) is 11.5. The van der Waals surface area contributed by atoms with E-state index < -0.39 is 0 Å². The number of benzene rings is 2. The van der Waals surface area contributed by atoms with Crippen molar-refractivity contribution in [3.63, 3.8) is 0 Å². The van der Waals surface area contributed by atoms with Gasteiger partial charge in [0.1, 0.15) is 23.8 Å². The molecule has 0 N–H and O–H groups in total. The molecule has 0 fully saturated rings. The molecule has 0 amide bonds. The van der Waals surface area contributed by atoms with Gasteiger partial charge in [-0.05, 0) is 74.2 Å². The highest BCUT2D eigenvalue weighted by atomic mass is 16.5. The van der Waals surface area contributed by atoms with Crippen molar-refractivity contribution in [2.24, 2.45) is 0 Å². The van der Waals surface area contributed by atoms with Crippen molar-refractivity contribution in [1.82, 2.24) is 0 Å². The molecule has 24 heavy (non-hydrogen) atoms. The average molecular weight is 328 g/mol. The predicted octanol–water partition coefficient (Wildman–Crippen LogP) is 4.93. The van der Waals surface area contributed by atoms with Crippen molar-refractivity contribution in [2.75, 3.05) is 28.3 Å². The second-order valence-corrected chi connectivity index (χ2v) is 7.67. The summed E-state index contributed by atoms with van der Waals surface area (Å²) in [4.78, 5) is 0. The van der Waals surface area contributed by atoms with Gasteiger partial charge >= 0.3 is 0 Å². The molecule has 0 bridgehead atoms. The van der Waals surface area contributed by atoms with E-state index in [0.29, 0.717) is 0 Å². The standard InChI is InChI=1S/C21H30NO2/c1-14-9-20(10-15(2)17(14)4)24-21-16(3)11-19(23-8)12-18(21)13-22(5,6)7/h9-12H,13H2,1-8H3/q+1. The lowest BCUT2D eigenvalue weighted by molar-refractivity contribution is -0.884. The summed E-state index contributed by atoms with van der Waals surface area (Å²) in [7, 11) is 8.24. The van der Waals surface area contributed by atoms with Crippen LogP contribution in [-0.4, -0.2) is 32.7 Å². The molecule has 0 aromatic heterocycles. The summed E-state index contributed by atoms with van der Waals surface area (Å²) in [6, 6.07) is 8.34. The first-order valence-electron chi connectivity index (χ1n) is 8.34. The van der Waals surface area contributed by atoms with E-state index in [1.807, 2.05) is 6.07 Å². The fourth-order valence-electron chi connectivity index (χ4n) is 2.88. The number of methoxy groups -OCH3 is 1. The van der Waals surface area contributed by atoms with Crippen molar-refractivity contribution in [3.8, 4) is 17.2 Å². The summed E-state index contributed by atoms with van der Waals surface area (Å²) < 4.78 is 12.6. The Labute approximate surface area is 146 Å². The minimum absolute atomic E-state index is 0.828. The van der Waals surface area contributed by atoms with E-state index in [1.54, 1.807) is 7.11 Å². The first kappa shape index (κ1) is 18.3. The van der Waals surface area contributed by atoms with Gasteiger partial charge < -0.3 is 14.0 Å². The summed E-state index contributed by atoms with van der Waals surface area (Å²) in [5.74, 6) is 2.71. The number of hydrogen-bond donors (Lipinski definition) is 0. The molecule has 3 heteroatoms. The van der Waals surface area contributed by atoms with Crippen LogP contribution in [-0.2, 0) is 6.54 Å². The van der Waals surface area contributed by atoms with Crippen LogP contribution >= 0.6 is 0 Å². The molecule has 0 atom stereocenters. The molecule has 3 nitrogen and oxygen atoms in total. The van der Waals surface area contributed by atoms with Crippen LogP contribution in [0.1, 0.15) is 27.8 Å². The van der Waals surface area contributed by atoms with Crippen LogP contribution in [0.15, 0.2) is 24.3 Å². The zero-order valence-corrected chi connectivity index (χ0v) is 16.3. The Morgan fingerprint density at radius 1 is 0.792 bits per heavy atom. The fraction of sp³-hybridized carbons (Fsp3) is 0.429. The highest BCUT2D eigenvalue weighted by molar-refractivity contribution is 5.50. The summed E-state index contributed by atoms with van der Waals surface area (Å²) in [6.45, 7) is 9.35. The molecule has 2 aromatic rings. The van der Waals surface area contributed by atoms with E-state index in [-0.39, 0.29) is 0 Å². The van der Waals surface area contributed by atoms with Crippen molar-refractivity contribution in [2.45, 2.75) is 34.2 Å². The molecule has 0 saturated heterocycles. The third-order valence-electron chi connectivity index (χ3n) is 4.33. The third kappa shape index (κ3) is 4.30. The maximum atomic E-state index is 6.34. The van der Waals surface area contributed by atoms with E-state index in [2.05, 4.69) is 67.0 Å². The van der Waals surface area contributed by atoms with Gasteiger partial charge in [-0.3, -0.25) is 0 Å². The summed E-state index contributed by atoms with van der Waals surface area (Å²) in [5.41, 5.74) is 6.08. The van der Waals surface area contributed by atoms with E-state index in [1.165, 1.54) is 16.7 Å². The van der Waals surface area contributed by atoms with Crippen LogP contribution in [0.25, 0.3) is 0 Å². The molecule has 0 aliphatic heterocycles. The minimum atomic E-state index is 0.828. The van der Waals surface area contributed by atoms with Gasteiger partial charge in [-0.2, -0.15) is 0 Å². The van der Waals surface area contributed by atoms with Crippen LogP contribution in [0.3, 0.4) is 0 Å². The largest absolute Gasteiger partial charge is 0.497 e.